The SMILES string of the molecule is CCC(CC)COC(=O)C(C)NP(=O)(OC[C@H]1O[C@@H](N2C=CCC(C(C)=O)=C2)[C@H](O)[C@@H]1O)Oc1ccccc1. The quantitative estimate of drug-likeness (QED) is 0.225. The number of esters is 1. The van der Waals surface area contributed by atoms with Gasteiger partial charge in [-0.2, -0.15) is 5.09 Å². The highest BCUT2D eigenvalue weighted by Gasteiger charge is 2.46. The van der Waals surface area contributed by atoms with Crippen LogP contribution in [0.2, 0.25) is 0 Å². The molecule has 2 aliphatic rings. The van der Waals surface area contributed by atoms with E-state index in [2.05, 4.69) is 5.09 Å². The lowest BCUT2D eigenvalue weighted by Gasteiger charge is -2.28. The smallest absolute Gasteiger partial charge is 0.459 e. The molecule has 0 aromatic heterocycles. The van der Waals surface area contributed by atoms with Crippen LogP contribution in [0.25, 0.3) is 0 Å². The van der Waals surface area contributed by atoms with Crippen molar-refractivity contribution >= 4 is 19.5 Å². The fourth-order valence-electron chi connectivity index (χ4n) is 4.10. The summed E-state index contributed by atoms with van der Waals surface area (Å²) in [7, 11) is -4.19. The van der Waals surface area contributed by atoms with Crippen LogP contribution in [-0.2, 0) is 28.2 Å². The van der Waals surface area contributed by atoms with Gasteiger partial charge in [0.1, 0.15) is 30.1 Å². The maximum Gasteiger partial charge on any atom is 0.459 e. The third kappa shape index (κ3) is 8.48. The molecule has 1 aromatic carbocycles. The number of ketones is 1. The largest absolute Gasteiger partial charge is 0.464 e. The summed E-state index contributed by atoms with van der Waals surface area (Å²) in [5.41, 5.74) is 0.525. The van der Waals surface area contributed by atoms with Gasteiger partial charge in [-0.3, -0.25) is 14.1 Å². The summed E-state index contributed by atoms with van der Waals surface area (Å²) >= 11 is 0. The van der Waals surface area contributed by atoms with Gasteiger partial charge in [0, 0.05) is 18.0 Å². The molecular formula is C27H39N2O9P. The Morgan fingerprint density at radius 2 is 1.87 bits per heavy atom. The van der Waals surface area contributed by atoms with Gasteiger partial charge in [-0.05, 0) is 38.3 Å². The molecule has 3 N–H and O–H groups in total. The van der Waals surface area contributed by atoms with Crippen molar-refractivity contribution in [3.8, 4) is 5.75 Å². The molecule has 216 valence electrons. The Hall–Kier alpha value is -2.53. The third-order valence-corrected chi connectivity index (χ3v) is 8.35. The molecule has 39 heavy (non-hydrogen) atoms. The summed E-state index contributed by atoms with van der Waals surface area (Å²) in [6.45, 7) is 6.78. The van der Waals surface area contributed by atoms with Gasteiger partial charge in [-0.25, -0.2) is 4.57 Å². The fourth-order valence-corrected chi connectivity index (χ4v) is 5.61. The average Bonchev–Trinajstić information content (AvgIpc) is 3.21. The standard InChI is InChI=1S/C27H39N2O9P/c1-5-20(6-2)16-35-27(33)18(3)28-39(34,38-22-12-8-7-9-13-22)36-17-23-24(31)25(32)26(37-23)29-14-10-11-21(15-29)19(4)30/h7-10,12-15,18,20,23-26,31-32H,5-6,11,16-17H2,1-4H3,(H,28,34)/t18?,23-,24-,25-,26-,39?/m1/s1. The lowest BCUT2D eigenvalue weighted by molar-refractivity contribution is -0.146. The lowest BCUT2D eigenvalue weighted by Crippen LogP contribution is -2.40. The summed E-state index contributed by atoms with van der Waals surface area (Å²) in [4.78, 5) is 25.9. The summed E-state index contributed by atoms with van der Waals surface area (Å²) in [5.74, 6) is -0.270. The number of aliphatic hydroxyl groups is 2. The Kier molecular flexibility index (Phi) is 11.3. The van der Waals surface area contributed by atoms with Gasteiger partial charge in [-0.1, -0.05) is 51.0 Å². The first kappa shape index (κ1) is 31.0. The molecule has 1 saturated heterocycles. The van der Waals surface area contributed by atoms with Crippen molar-refractivity contribution in [2.75, 3.05) is 13.2 Å². The molecule has 0 amide bonds. The number of rotatable bonds is 14. The van der Waals surface area contributed by atoms with Gasteiger partial charge in [0.15, 0.2) is 12.0 Å². The Labute approximate surface area is 229 Å². The Morgan fingerprint density at radius 3 is 2.51 bits per heavy atom. The van der Waals surface area contributed by atoms with E-state index in [1.165, 1.54) is 18.7 Å². The molecule has 0 spiro atoms. The highest BCUT2D eigenvalue weighted by Crippen LogP contribution is 2.45. The van der Waals surface area contributed by atoms with Crippen LogP contribution in [0.5, 0.6) is 5.75 Å². The summed E-state index contributed by atoms with van der Waals surface area (Å²) in [6.07, 6.45) is 2.33. The van der Waals surface area contributed by atoms with Crippen molar-refractivity contribution in [3.05, 3.63) is 54.4 Å². The van der Waals surface area contributed by atoms with E-state index in [1.807, 2.05) is 13.8 Å². The topological polar surface area (TPSA) is 144 Å². The number of benzene rings is 1. The van der Waals surface area contributed by atoms with Crippen LogP contribution >= 0.6 is 7.75 Å². The molecule has 12 heteroatoms. The fraction of sp³-hybridized carbons (Fsp3) is 0.556. The molecule has 0 saturated carbocycles. The zero-order valence-electron chi connectivity index (χ0n) is 22.8. The second-order valence-electron chi connectivity index (χ2n) is 9.65. The van der Waals surface area contributed by atoms with Crippen molar-refractivity contribution in [3.63, 3.8) is 0 Å². The van der Waals surface area contributed by atoms with Crippen molar-refractivity contribution in [1.82, 2.24) is 9.99 Å². The van der Waals surface area contributed by atoms with Gasteiger partial charge in [0.25, 0.3) is 0 Å². The first-order chi connectivity index (χ1) is 18.6. The molecule has 2 heterocycles. The van der Waals surface area contributed by atoms with Gasteiger partial charge in [0.2, 0.25) is 0 Å². The normalized spacial score (nSPS) is 25.2. The zero-order valence-corrected chi connectivity index (χ0v) is 23.7. The molecule has 2 aliphatic heterocycles. The predicted octanol–water partition coefficient (Wildman–Crippen LogP) is 3.29. The van der Waals surface area contributed by atoms with Gasteiger partial charge in [-0.15, -0.1) is 0 Å². The Bertz CT molecular complexity index is 1080. The number of ether oxygens (including phenoxy) is 2. The molecule has 0 bridgehead atoms. The van der Waals surface area contributed by atoms with Crippen LogP contribution < -0.4 is 9.61 Å². The maximum atomic E-state index is 13.8. The number of carbonyl (C=O) groups excluding carboxylic acids is 2. The molecule has 3 rings (SSSR count). The number of hydrogen-bond acceptors (Lipinski definition) is 10. The van der Waals surface area contributed by atoms with Crippen LogP contribution in [0.4, 0.5) is 0 Å². The van der Waals surface area contributed by atoms with Crippen molar-refractivity contribution in [2.45, 2.75) is 77.5 Å². The van der Waals surface area contributed by atoms with Gasteiger partial charge in [0.05, 0.1) is 13.2 Å². The van der Waals surface area contributed by atoms with Crippen LogP contribution in [0.1, 0.15) is 47.0 Å². The van der Waals surface area contributed by atoms with E-state index in [-0.39, 0.29) is 24.1 Å². The average molecular weight is 567 g/mol. The second kappa shape index (κ2) is 14.2. The zero-order chi connectivity index (χ0) is 28.6. The Balaban J connectivity index is 1.69. The van der Waals surface area contributed by atoms with Crippen LogP contribution in [0, 0.1) is 5.92 Å². The first-order valence-corrected chi connectivity index (χ1v) is 14.7. The van der Waals surface area contributed by atoms with Crippen LogP contribution in [0.15, 0.2) is 54.4 Å². The minimum absolute atomic E-state index is 0.116. The molecular weight excluding hydrogens is 527 g/mol. The maximum absolute atomic E-state index is 13.8. The number of nitrogens with one attached hydrogen (secondary N) is 1. The number of Topliss-reactive ketones (excluding diaryl/α,β-unsaturated/α-hetero) is 1. The number of nitrogens with zero attached hydrogens (tertiary/aromatic N) is 1. The van der Waals surface area contributed by atoms with Gasteiger partial charge >= 0.3 is 13.7 Å². The summed E-state index contributed by atoms with van der Waals surface area (Å²) in [5, 5.41) is 23.9. The molecule has 0 radical (unpaired) electrons. The summed E-state index contributed by atoms with van der Waals surface area (Å²) in [6, 6.07) is 7.26. The number of aliphatic hydroxyl groups excluding tert-OH is 2. The van der Waals surface area contributed by atoms with E-state index in [0.29, 0.717) is 12.0 Å². The highest BCUT2D eigenvalue weighted by atomic mass is 31.2. The number of carbonyl (C=O) groups is 2. The van der Waals surface area contributed by atoms with E-state index in [9.17, 15) is 24.4 Å². The molecule has 2 unspecified atom stereocenters. The molecule has 6 atom stereocenters. The monoisotopic (exact) mass is 566 g/mol. The first-order valence-electron chi connectivity index (χ1n) is 13.2. The molecule has 1 aromatic rings. The van der Waals surface area contributed by atoms with Gasteiger partial charge < -0.3 is 29.1 Å². The van der Waals surface area contributed by atoms with E-state index in [1.54, 1.807) is 48.8 Å². The minimum Gasteiger partial charge on any atom is -0.464 e. The Morgan fingerprint density at radius 1 is 1.18 bits per heavy atom. The molecule has 11 nitrogen and oxygen atoms in total. The number of para-hydroxylation sites is 1. The van der Waals surface area contributed by atoms with E-state index >= 15 is 0 Å². The van der Waals surface area contributed by atoms with Crippen LogP contribution in [-0.4, -0.2) is 70.7 Å². The van der Waals surface area contributed by atoms with Crippen LogP contribution in [0.3, 0.4) is 0 Å². The predicted molar refractivity (Wildman–Crippen MR) is 143 cm³/mol. The van der Waals surface area contributed by atoms with E-state index < -0.39 is 50.9 Å². The summed E-state index contributed by atoms with van der Waals surface area (Å²) < 4.78 is 36.3. The van der Waals surface area contributed by atoms with Crippen molar-refractivity contribution < 1.29 is 42.9 Å². The third-order valence-electron chi connectivity index (χ3n) is 6.70. The molecule has 0 aliphatic carbocycles. The molecule has 1 fully saturated rings. The number of allylic oxidation sites excluding steroid dienone is 2. The minimum atomic E-state index is -4.19. The van der Waals surface area contributed by atoms with Crippen molar-refractivity contribution in [1.29, 1.82) is 0 Å². The van der Waals surface area contributed by atoms with Crippen molar-refractivity contribution in [2.24, 2.45) is 5.92 Å². The van der Waals surface area contributed by atoms with E-state index in [4.69, 9.17) is 18.5 Å². The highest BCUT2D eigenvalue weighted by molar-refractivity contribution is 7.52. The lowest BCUT2D eigenvalue weighted by atomic mass is 10.1. The number of hydrogen-bond donors (Lipinski definition) is 3. The van der Waals surface area contributed by atoms with E-state index in [0.717, 1.165) is 12.8 Å². The second-order valence-corrected chi connectivity index (χ2v) is 11.3.